The zero-order valence-corrected chi connectivity index (χ0v) is 20.3. The summed E-state index contributed by atoms with van der Waals surface area (Å²) in [6, 6.07) is 50.6. The lowest BCUT2D eigenvalue weighted by molar-refractivity contribution is 1.48. The van der Waals surface area contributed by atoms with Crippen LogP contribution in [-0.4, -0.2) is 0 Å². The molecule has 0 aliphatic heterocycles. The molecule has 2 heteroatoms. The van der Waals surface area contributed by atoms with Crippen molar-refractivity contribution in [1.82, 2.24) is 0 Å². The van der Waals surface area contributed by atoms with Crippen LogP contribution in [0.25, 0.3) is 32.7 Å². The Morgan fingerprint density at radius 1 is 0.441 bits per heavy atom. The molecule has 0 aliphatic rings. The number of hydrogen-bond acceptors (Lipinski definition) is 1. The summed E-state index contributed by atoms with van der Waals surface area (Å²) >= 11 is 1.97. The van der Waals surface area contributed by atoms with Crippen molar-refractivity contribution in [1.29, 1.82) is 0 Å². The minimum atomic E-state index is -0.531. The topological polar surface area (TPSA) is 0 Å². The SMILES string of the molecule is c1ccc(P(Sc2ccc(-c3c4ccccc4cc4ccccc34)cc2)c2ccccc2)cc1. The second-order valence-corrected chi connectivity index (χ2v) is 12.2. The van der Waals surface area contributed by atoms with Crippen molar-refractivity contribution in [2.45, 2.75) is 4.90 Å². The Labute approximate surface area is 205 Å². The molecule has 0 N–H and O–H groups in total. The molecule has 6 rings (SSSR count). The zero-order valence-electron chi connectivity index (χ0n) is 18.6. The van der Waals surface area contributed by atoms with Gasteiger partial charge in [-0.1, -0.05) is 133 Å². The molecule has 0 fully saturated rings. The van der Waals surface area contributed by atoms with Crippen LogP contribution >= 0.6 is 18.5 Å². The lowest BCUT2D eigenvalue weighted by atomic mass is 9.92. The van der Waals surface area contributed by atoms with Gasteiger partial charge in [-0.15, -0.1) is 0 Å². The van der Waals surface area contributed by atoms with Crippen LogP contribution in [0, 0.1) is 0 Å². The zero-order chi connectivity index (χ0) is 22.7. The van der Waals surface area contributed by atoms with Crippen LogP contribution in [0.2, 0.25) is 0 Å². The lowest BCUT2D eigenvalue weighted by Crippen LogP contribution is -2.08. The lowest BCUT2D eigenvalue weighted by Gasteiger charge is -2.18. The van der Waals surface area contributed by atoms with E-state index in [1.807, 2.05) is 11.4 Å². The number of rotatable bonds is 5. The van der Waals surface area contributed by atoms with Gasteiger partial charge in [-0.2, -0.15) is 0 Å². The molecule has 0 aromatic heterocycles. The molecule has 0 saturated carbocycles. The molecule has 0 radical (unpaired) electrons. The molecule has 0 nitrogen and oxygen atoms in total. The molecule has 0 saturated heterocycles. The van der Waals surface area contributed by atoms with Gasteiger partial charge in [0.25, 0.3) is 0 Å². The maximum atomic E-state index is 2.30. The monoisotopic (exact) mass is 470 g/mol. The Balaban J connectivity index is 1.41. The molecular formula is C32H23PS. The molecule has 0 bridgehead atoms. The highest BCUT2D eigenvalue weighted by atomic mass is 32.7. The maximum absolute atomic E-state index is 2.30. The summed E-state index contributed by atoms with van der Waals surface area (Å²) in [4.78, 5) is 1.30. The van der Waals surface area contributed by atoms with Crippen LogP contribution in [0.1, 0.15) is 0 Å². The summed E-state index contributed by atoms with van der Waals surface area (Å²) < 4.78 is 0. The Bertz CT molecular complexity index is 1460. The molecule has 0 aliphatic carbocycles. The van der Waals surface area contributed by atoms with E-state index in [0.29, 0.717) is 0 Å². The van der Waals surface area contributed by atoms with Crippen LogP contribution in [0.5, 0.6) is 0 Å². The van der Waals surface area contributed by atoms with Crippen LogP contribution in [0.15, 0.2) is 144 Å². The first-order valence-corrected chi connectivity index (χ1v) is 14.2. The van der Waals surface area contributed by atoms with Gasteiger partial charge in [-0.3, -0.25) is 0 Å². The van der Waals surface area contributed by atoms with Gasteiger partial charge >= 0.3 is 0 Å². The molecule has 6 aromatic carbocycles. The highest BCUT2D eigenvalue weighted by Crippen LogP contribution is 2.52. The summed E-state index contributed by atoms with van der Waals surface area (Å²) in [6.07, 6.45) is 0. The van der Waals surface area contributed by atoms with Gasteiger partial charge in [0.05, 0.1) is 0 Å². The van der Waals surface area contributed by atoms with Gasteiger partial charge in [-0.25, -0.2) is 0 Å². The van der Waals surface area contributed by atoms with Gasteiger partial charge in [0.2, 0.25) is 0 Å². The summed E-state index contributed by atoms with van der Waals surface area (Å²) in [6.45, 7) is 0. The number of fused-ring (bicyclic) bond motifs is 2. The van der Waals surface area contributed by atoms with Gasteiger partial charge in [0.1, 0.15) is 0 Å². The Morgan fingerprint density at radius 2 is 0.912 bits per heavy atom. The largest absolute Gasteiger partial charge is 0.0888 e. The molecular weight excluding hydrogens is 447 g/mol. The van der Waals surface area contributed by atoms with Crippen LogP contribution in [0.3, 0.4) is 0 Å². The fourth-order valence-electron chi connectivity index (χ4n) is 4.49. The predicted octanol–water partition coefficient (Wildman–Crippen LogP) is 8.80. The first-order chi connectivity index (χ1) is 16.9. The Kier molecular flexibility index (Phi) is 5.90. The number of hydrogen-bond donors (Lipinski definition) is 0. The van der Waals surface area contributed by atoms with E-state index < -0.39 is 7.12 Å². The van der Waals surface area contributed by atoms with Crippen molar-refractivity contribution in [3.63, 3.8) is 0 Å². The van der Waals surface area contributed by atoms with E-state index in [1.54, 1.807) is 0 Å². The summed E-state index contributed by atoms with van der Waals surface area (Å²) in [7, 11) is -0.531. The van der Waals surface area contributed by atoms with Crippen molar-refractivity contribution in [2.24, 2.45) is 0 Å². The highest BCUT2D eigenvalue weighted by Gasteiger charge is 2.16. The van der Waals surface area contributed by atoms with E-state index in [2.05, 4.69) is 140 Å². The van der Waals surface area contributed by atoms with Gasteiger partial charge in [0, 0.05) is 12.0 Å². The smallest absolute Gasteiger partial charge is 0.0207 e. The van der Waals surface area contributed by atoms with E-state index in [1.165, 1.54) is 48.2 Å². The second-order valence-electron chi connectivity index (χ2n) is 8.27. The molecule has 6 aromatic rings. The first-order valence-electron chi connectivity index (χ1n) is 11.5. The molecule has 34 heavy (non-hydrogen) atoms. The van der Waals surface area contributed by atoms with E-state index in [9.17, 15) is 0 Å². The quantitative estimate of drug-likeness (QED) is 0.179. The fraction of sp³-hybridized carbons (Fsp3) is 0. The van der Waals surface area contributed by atoms with Crippen LogP contribution in [-0.2, 0) is 0 Å². The molecule has 162 valence electrons. The molecule has 0 heterocycles. The van der Waals surface area contributed by atoms with E-state index in [0.717, 1.165) is 0 Å². The van der Waals surface area contributed by atoms with Crippen LogP contribution < -0.4 is 10.6 Å². The van der Waals surface area contributed by atoms with Gasteiger partial charge in [0.15, 0.2) is 0 Å². The standard InChI is InChI=1S/C32H23PS/c1-3-13-27(14-4-1)33(28-15-5-2-6-16-28)34-29-21-19-24(20-22-29)32-30-17-9-7-11-25(30)23-26-12-8-10-18-31(26)32/h1-23H. The molecule has 0 spiro atoms. The van der Waals surface area contributed by atoms with Gasteiger partial charge < -0.3 is 0 Å². The van der Waals surface area contributed by atoms with Crippen molar-refractivity contribution in [3.05, 3.63) is 140 Å². The second kappa shape index (κ2) is 9.47. The third-order valence-electron chi connectivity index (χ3n) is 6.09. The van der Waals surface area contributed by atoms with Crippen molar-refractivity contribution in [2.75, 3.05) is 0 Å². The third kappa shape index (κ3) is 4.14. The minimum absolute atomic E-state index is 0.531. The normalized spacial score (nSPS) is 11.3. The average molecular weight is 471 g/mol. The van der Waals surface area contributed by atoms with Crippen molar-refractivity contribution < 1.29 is 0 Å². The first kappa shape index (κ1) is 21.2. The fourth-order valence-corrected chi connectivity index (χ4v) is 8.72. The summed E-state index contributed by atoms with van der Waals surface area (Å²) in [5.74, 6) is 0. The molecule has 0 atom stereocenters. The number of benzene rings is 6. The Hall–Kier alpha value is -3.38. The van der Waals surface area contributed by atoms with Crippen molar-refractivity contribution >= 4 is 50.7 Å². The maximum Gasteiger partial charge on any atom is 0.0207 e. The average Bonchev–Trinajstić information content (AvgIpc) is 2.92. The van der Waals surface area contributed by atoms with Crippen LogP contribution in [0.4, 0.5) is 0 Å². The minimum Gasteiger partial charge on any atom is -0.0888 e. The molecule has 0 amide bonds. The van der Waals surface area contributed by atoms with E-state index in [4.69, 9.17) is 0 Å². The summed E-state index contributed by atoms with van der Waals surface area (Å²) in [5, 5.41) is 7.95. The molecule has 0 unspecified atom stereocenters. The third-order valence-corrected chi connectivity index (χ3v) is 10.7. The van der Waals surface area contributed by atoms with Crippen molar-refractivity contribution in [3.8, 4) is 11.1 Å². The van der Waals surface area contributed by atoms with E-state index >= 15 is 0 Å². The summed E-state index contributed by atoms with van der Waals surface area (Å²) in [5.41, 5.74) is 2.58. The predicted molar refractivity (Wildman–Crippen MR) is 152 cm³/mol. The van der Waals surface area contributed by atoms with Gasteiger partial charge in [-0.05, 0) is 61.5 Å². The van der Waals surface area contributed by atoms with E-state index in [-0.39, 0.29) is 0 Å². The highest BCUT2D eigenvalue weighted by molar-refractivity contribution is 8.60. The Morgan fingerprint density at radius 3 is 1.44 bits per heavy atom.